The minimum Gasteiger partial charge on any atom is -0.358 e. The second-order valence-corrected chi connectivity index (χ2v) is 6.66. The number of rotatable bonds is 4. The molecule has 2 atom stereocenters. The first-order valence-electron chi connectivity index (χ1n) is 6.82. The average molecular weight is 277 g/mol. The quantitative estimate of drug-likeness (QED) is 0.359. The van der Waals surface area contributed by atoms with Crippen LogP contribution in [0.15, 0.2) is 28.9 Å². The first kappa shape index (κ1) is 14.3. The molecule has 2 N–H and O–H groups in total. The smallest absolute Gasteiger partial charge is 0.187 e. The molecule has 19 heavy (non-hydrogen) atoms. The zero-order valence-electron chi connectivity index (χ0n) is 12.0. The molecule has 0 aromatic heterocycles. The van der Waals surface area contributed by atoms with E-state index in [2.05, 4.69) is 42.3 Å². The van der Waals surface area contributed by atoms with Crippen molar-refractivity contribution in [1.29, 1.82) is 0 Å². The fourth-order valence-electron chi connectivity index (χ4n) is 2.98. The molecule has 3 rings (SSSR count). The van der Waals surface area contributed by atoms with E-state index < -0.39 is 0 Å². The Hall–Kier alpha value is -1.16. The highest BCUT2D eigenvalue weighted by atomic mass is 32.1. The van der Waals surface area contributed by atoms with Crippen LogP contribution in [0.4, 0.5) is 0 Å². The van der Waals surface area contributed by atoms with Crippen LogP contribution in [0.2, 0.25) is 0 Å². The van der Waals surface area contributed by atoms with Crippen LogP contribution in [0.1, 0.15) is 33.6 Å². The van der Waals surface area contributed by atoms with Crippen LogP contribution in [0.3, 0.4) is 0 Å². The monoisotopic (exact) mass is 277 g/mol. The molecule has 0 radical (unpaired) electrons. The molecule has 0 aromatic rings. The molecule has 0 aliphatic heterocycles. The van der Waals surface area contributed by atoms with Crippen molar-refractivity contribution in [3.63, 3.8) is 0 Å². The van der Waals surface area contributed by atoms with Crippen molar-refractivity contribution in [2.24, 2.45) is 22.4 Å². The molecule has 4 heteroatoms. The standard InChI is InChI=1S/C15H23N3S/c1-10(2)8-16-14(19)18-17-9-11-5-6-12-7-13(11)15(12,3)4/h5,9,12-13H,1,6-8H2,2-4H3,(H2,16,18,19)/b17-9-/t12-,13-/m0/s1. The zero-order chi connectivity index (χ0) is 14.0. The summed E-state index contributed by atoms with van der Waals surface area (Å²) in [4.78, 5) is 0. The molecular weight excluding hydrogens is 254 g/mol. The van der Waals surface area contributed by atoms with Gasteiger partial charge in [-0.25, -0.2) is 0 Å². The molecule has 3 aliphatic rings. The predicted molar refractivity (Wildman–Crippen MR) is 85.1 cm³/mol. The maximum Gasteiger partial charge on any atom is 0.187 e. The van der Waals surface area contributed by atoms with Gasteiger partial charge in [0.2, 0.25) is 0 Å². The summed E-state index contributed by atoms with van der Waals surface area (Å²) < 4.78 is 0. The van der Waals surface area contributed by atoms with Crippen LogP contribution >= 0.6 is 12.2 Å². The molecule has 1 fully saturated rings. The van der Waals surface area contributed by atoms with E-state index in [1.54, 1.807) is 0 Å². The lowest BCUT2D eigenvalue weighted by atomic mass is 9.49. The number of nitrogens with zero attached hydrogens (tertiary/aromatic N) is 1. The summed E-state index contributed by atoms with van der Waals surface area (Å²) in [5, 5.41) is 7.82. The van der Waals surface area contributed by atoms with E-state index in [1.807, 2.05) is 13.1 Å². The van der Waals surface area contributed by atoms with Gasteiger partial charge in [-0.05, 0) is 54.8 Å². The number of nitrogens with one attached hydrogen (secondary N) is 2. The predicted octanol–water partition coefficient (Wildman–Crippen LogP) is 3.00. The molecular formula is C15H23N3S. The Morgan fingerprint density at radius 2 is 2.37 bits per heavy atom. The third-order valence-electron chi connectivity index (χ3n) is 4.44. The van der Waals surface area contributed by atoms with Gasteiger partial charge in [0.15, 0.2) is 5.11 Å². The third-order valence-corrected chi connectivity index (χ3v) is 4.68. The maximum atomic E-state index is 5.13. The lowest BCUT2D eigenvalue weighted by molar-refractivity contribution is -0.00126. The Morgan fingerprint density at radius 1 is 1.63 bits per heavy atom. The minimum atomic E-state index is 0.439. The Bertz CT molecular complexity index is 448. The lowest BCUT2D eigenvalue weighted by Crippen LogP contribution is -2.48. The van der Waals surface area contributed by atoms with Crippen LogP contribution in [-0.4, -0.2) is 17.9 Å². The topological polar surface area (TPSA) is 36.4 Å². The number of hydrogen-bond donors (Lipinski definition) is 2. The fraction of sp³-hybridized carbons (Fsp3) is 0.600. The van der Waals surface area contributed by atoms with E-state index in [1.165, 1.54) is 18.4 Å². The van der Waals surface area contributed by atoms with Gasteiger partial charge in [0.05, 0.1) is 6.21 Å². The van der Waals surface area contributed by atoms with Crippen LogP contribution in [0, 0.1) is 17.3 Å². The van der Waals surface area contributed by atoms with Gasteiger partial charge in [-0.15, -0.1) is 0 Å². The van der Waals surface area contributed by atoms with Crippen molar-refractivity contribution in [2.75, 3.05) is 6.54 Å². The summed E-state index contributed by atoms with van der Waals surface area (Å²) in [5.41, 5.74) is 5.69. The van der Waals surface area contributed by atoms with Gasteiger partial charge in [-0.1, -0.05) is 32.1 Å². The van der Waals surface area contributed by atoms with E-state index in [9.17, 15) is 0 Å². The fourth-order valence-corrected chi connectivity index (χ4v) is 3.11. The van der Waals surface area contributed by atoms with Crippen LogP contribution in [0.5, 0.6) is 0 Å². The molecule has 3 aliphatic carbocycles. The zero-order valence-corrected chi connectivity index (χ0v) is 12.8. The number of hydrogen-bond acceptors (Lipinski definition) is 2. The first-order valence-corrected chi connectivity index (χ1v) is 7.23. The summed E-state index contributed by atoms with van der Waals surface area (Å²) in [6.07, 6.45) is 6.74. The minimum absolute atomic E-state index is 0.439. The van der Waals surface area contributed by atoms with Crippen molar-refractivity contribution >= 4 is 23.5 Å². The lowest BCUT2D eigenvalue weighted by Gasteiger charge is -2.55. The Morgan fingerprint density at radius 3 is 2.95 bits per heavy atom. The summed E-state index contributed by atoms with van der Waals surface area (Å²) in [5.74, 6) is 1.52. The van der Waals surface area contributed by atoms with E-state index in [0.29, 0.717) is 23.0 Å². The molecule has 0 heterocycles. The van der Waals surface area contributed by atoms with Gasteiger partial charge < -0.3 is 5.32 Å². The van der Waals surface area contributed by atoms with Gasteiger partial charge in [0.25, 0.3) is 0 Å². The maximum absolute atomic E-state index is 5.13. The highest BCUT2D eigenvalue weighted by Gasteiger charge is 2.50. The van der Waals surface area contributed by atoms with Crippen molar-refractivity contribution in [3.8, 4) is 0 Å². The molecule has 2 bridgehead atoms. The average Bonchev–Trinajstić information content (AvgIpc) is 2.36. The molecule has 104 valence electrons. The summed E-state index contributed by atoms with van der Waals surface area (Å²) in [6, 6.07) is 0. The summed E-state index contributed by atoms with van der Waals surface area (Å²) in [6.45, 7) is 11.2. The SMILES string of the molecule is C=C(C)CNC(=S)N/N=C\C1=CC[C@H]2C[C@@H]1C2(C)C. The second-order valence-electron chi connectivity index (χ2n) is 6.26. The first-order chi connectivity index (χ1) is 8.91. The van der Waals surface area contributed by atoms with Gasteiger partial charge in [0, 0.05) is 6.54 Å². The number of fused-ring (bicyclic) bond motifs is 1. The van der Waals surface area contributed by atoms with E-state index >= 15 is 0 Å². The Kier molecular flexibility index (Phi) is 4.09. The molecule has 3 nitrogen and oxygen atoms in total. The van der Waals surface area contributed by atoms with Crippen molar-refractivity contribution in [1.82, 2.24) is 10.7 Å². The van der Waals surface area contributed by atoms with Crippen LogP contribution in [0.25, 0.3) is 0 Å². The molecule has 1 saturated carbocycles. The van der Waals surface area contributed by atoms with Crippen LogP contribution in [-0.2, 0) is 0 Å². The van der Waals surface area contributed by atoms with Crippen molar-refractivity contribution in [2.45, 2.75) is 33.6 Å². The molecule has 0 spiro atoms. The third kappa shape index (κ3) is 3.06. The van der Waals surface area contributed by atoms with Gasteiger partial charge in [-0.3, -0.25) is 5.43 Å². The molecule has 0 aromatic carbocycles. The number of allylic oxidation sites excluding steroid dienone is 2. The normalized spacial score (nSPS) is 27.4. The van der Waals surface area contributed by atoms with Crippen molar-refractivity contribution < 1.29 is 0 Å². The Balaban J connectivity index is 1.82. The number of thiocarbonyl (C=S) groups is 1. The van der Waals surface area contributed by atoms with Crippen molar-refractivity contribution in [3.05, 3.63) is 23.8 Å². The summed E-state index contributed by atoms with van der Waals surface area (Å²) in [7, 11) is 0. The highest BCUT2D eigenvalue weighted by molar-refractivity contribution is 7.80. The molecule has 0 amide bonds. The molecule has 0 unspecified atom stereocenters. The highest BCUT2D eigenvalue weighted by Crippen LogP contribution is 2.58. The number of hydrazone groups is 1. The second kappa shape index (κ2) is 5.45. The van der Waals surface area contributed by atoms with Gasteiger partial charge >= 0.3 is 0 Å². The van der Waals surface area contributed by atoms with Gasteiger partial charge in [0.1, 0.15) is 0 Å². The largest absolute Gasteiger partial charge is 0.358 e. The van der Waals surface area contributed by atoms with Crippen LogP contribution < -0.4 is 10.7 Å². The van der Waals surface area contributed by atoms with Gasteiger partial charge in [-0.2, -0.15) is 5.10 Å². The van der Waals surface area contributed by atoms with E-state index in [0.717, 1.165) is 11.5 Å². The summed E-state index contributed by atoms with van der Waals surface area (Å²) >= 11 is 5.13. The molecule has 0 saturated heterocycles. The Labute approximate surface area is 121 Å². The van der Waals surface area contributed by atoms with E-state index in [4.69, 9.17) is 12.2 Å². The van der Waals surface area contributed by atoms with E-state index in [-0.39, 0.29) is 0 Å².